The van der Waals surface area contributed by atoms with Gasteiger partial charge in [0.2, 0.25) is 0 Å². The zero-order valence-electron chi connectivity index (χ0n) is 11.5. The molecule has 106 valence electrons. The Bertz CT molecular complexity index is 540. The normalized spacial score (nSPS) is 20.1. The maximum atomic E-state index is 5.87. The molecule has 0 aromatic carbocycles. The van der Waals surface area contributed by atoms with E-state index in [2.05, 4.69) is 15.3 Å². The van der Waals surface area contributed by atoms with Crippen LogP contribution in [-0.4, -0.2) is 34.0 Å². The van der Waals surface area contributed by atoms with Crippen LogP contribution in [-0.2, 0) is 6.54 Å². The standard InChI is InChI=1S/C15H20N4S/c16-9-13-5-2-4-8-19(13)10-12-11-20-15(18-12)14-6-1-3-7-17-14/h1,3,6-7,11,13H,2,4-5,8-10,16H2. The van der Waals surface area contributed by atoms with Crippen LogP contribution in [0, 0.1) is 0 Å². The summed E-state index contributed by atoms with van der Waals surface area (Å²) in [6.07, 6.45) is 5.60. The smallest absolute Gasteiger partial charge is 0.142 e. The van der Waals surface area contributed by atoms with Gasteiger partial charge in [0.1, 0.15) is 5.01 Å². The molecule has 1 fully saturated rings. The van der Waals surface area contributed by atoms with Gasteiger partial charge in [-0.1, -0.05) is 12.5 Å². The van der Waals surface area contributed by atoms with Crippen LogP contribution in [0.1, 0.15) is 25.0 Å². The quantitative estimate of drug-likeness (QED) is 0.939. The van der Waals surface area contributed by atoms with E-state index >= 15 is 0 Å². The molecule has 0 radical (unpaired) electrons. The zero-order chi connectivity index (χ0) is 13.8. The maximum absolute atomic E-state index is 5.87. The number of piperidine rings is 1. The van der Waals surface area contributed by atoms with Gasteiger partial charge in [-0.25, -0.2) is 4.98 Å². The Balaban J connectivity index is 1.71. The Hall–Kier alpha value is -1.30. The maximum Gasteiger partial charge on any atom is 0.142 e. The Morgan fingerprint density at radius 2 is 2.30 bits per heavy atom. The van der Waals surface area contributed by atoms with E-state index < -0.39 is 0 Å². The van der Waals surface area contributed by atoms with Gasteiger partial charge >= 0.3 is 0 Å². The van der Waals surface area contributed by atoms with Gasteiger partial charge in [-0.2, -0.15) is 0 Å². The molecule has 1 unspecified atom stereocenters. The lowest BCUT2D eigenvalue weighted by Crippen LogP contribution is -2.43. The highest BCUT2D eigenvalue weighted by molar-refractivity contribution is 7.13. The molecule has 0 amide bonds. The summed E-state index contributed by atoms with van der Waals surface area (Å²) in [6.45, 7) is 2.79. The summed E-state index contributed by atoms with van der Waals surface area (Å²) in [7, 11) is 0. The molecule has 0 bridgehead atoms. The van der Waals surface area contributed by atoms with E-state index in [9.17, 15) is 0 Å². The van der Waals surface area contributed by atoms with E-state index in [-0.39, 0.29) is 0 Å². The third-order valence-electron chi connectivity index (χ3n) is 3.82. The fourth-order valence-corrected chi connectivity index (χ4v) is 3.52. The Labute approximate surface area is 123 Å². The van der Waals surface area contributed by atoms with Crippen LogP contribution < -0.4 is 5.73 Å². The molecular formula is C15H20N4S. The first-order chi connectivity index (χ1) is 9.86. The molecule has 5 heteroatoms. The molecule has 1 atom stereocenters. The second kappa shape index (κ2) is 6.43. The number of nitrogens with zero attached hydrogens (tertiary/aromatic N) is 3. The van der Waals surface area contributed by atoms with E-state index in [1.165, 1.54) is 19.3 Å². The third-order valence-corrected chi connectivity index (χ3v) is 4.74. The van der Waals surface area contributed by atoms with E-state index in [1.807, 2.05) is 24.4 Å². The van der Waals surface area contributed by atoms with Gasteiger partial charge in [0.25, 0.3) is 0 Å². The van der Waals surface area contributed by atoms with Crippen molar-refractivity contribution in [3.05, 3.63) is 35.5 Å². The number of hydrogen-bond donors (Lipinski definition) is 1. The molecule has 20 heavy (non-hydrogen) atoms. The molecule has 1 saturated heterocycles. The topological polar surface area (TPSA) is 55.0 Å². The molecule has 0 aliphatic carbocycles. The van der Waals surface area contributed by atoms with Gasteiger partial charge in [-0.15, -0.1) is 11.3 Å². The number of likely N-dealkylation sites (tertiary alicyclic amines) is 1. The van der Waals surface area contributed by atoms with Gasteiger partial charge in [-0.05, 0) is 31.5 Å². The van der Waals surface area contributed by atoms with Crippen LogP contribution in [0.4, 0.5) is 0 Å². The highest BCUT2D eigenvalue weighted by Crippen LogP contribution is 2.24. The molecule has 1 aliphatic heterocycles. The van der Waals surface area contributed by atoms with Crippen LogP contribution in [0.3, 0.4) is 0 Å². The summed E-state index contributed by atoms with van der Waals surface area (Å²) in [5.74, 6) is 0. The average molecular weight is 288 g/mol. The summed E-state index contributed by atoms with van der Waals surface area (Å²) in [5, 5.41) is 3.15. The number of nitrogens with two attached hydrogens (primary N) is 1. The first-order valence-corrected chi connectivity index (χ1v) is 8.04. The summed E-state index contributed by atoms with van der Waals surface area (Å²) in [6, 6.07) is 6.45. The predicted octanol–water partition coefficient (Wildman–Crippen LogP) is 2.52. The Morgan fingerprint density at radius 3 is 3.10 bits per heavy atom. The number of thiazole rings is 1. The molecule has 3 rings (SSSR count). The SMILES string of the molecule is NCC1CCCCN1Cc1csc(-c2ccccn2)n1. The largest absolute Gasteiger partial charge is 0.329 e. The molecule has 2 N–H and O–H groups in total. The van der Waals surface area contributed by atoms with Gasteiger partial charge in [-0.3, -0.25) is 9.88 Å². The van der Waals surface area contributed by atoms with Crippen molar-refractivity contribution in [2.45, 2.75) is 31.8 Å². The number of hydrogen-bond acceptors (Lipinski definition) is 5. The Kier molecular flexibility index (Phi) is 4.40. The fourth-order valence-electron chi connectivity index (χ4n) is 2.73. The van der Waals surface area contributed by atoms with Gasteiger partial charge in [0, 0.05) is 30.7 Å². The van der Waals surface area contributed by atoms with Crippen molar-refractivity contribution >= 4 is 11.3 Å². The number of pyridine rings is 1. The van der Waals surface area contributed by atoms with E-state index in [4.69, 9.17) is 10.7 Å². The van der Waals surface area contributed by atoms with Crippen LogP contribution in [0.25, 0.3) is 10.7 Å². The highest BCUT2D eigenvalue weighted by atomic mass is 32.1. The van der Waals surface area contributed by atoms with Gasteiger partial charge < -0.3 is 5.73 Å². The van der Waals surface area contributed by atoms with Crippen molar-refractivity contribution in [1.29, 1.82) is 0 Å². The molecule has 0 spiro atoms. The second-order valence-electron chi connectivity index (χ2n) is 5.21. The lowest BCUT2D eigenvalue weighted by molar-refractivity contribution is 0.143. The highest BCUT2D eigenvalue weighted by Gasteiger charge is 2.21. The van der Waals surface area contributed by atoms with Crippen molar-refractivity contribution in [2.75, 3.05) is 13.1 Å². The van der Waals surface area contributed by atoms with Crippen LogP contribution in [0.5, 0.6) is 0 Å². The van der Waals surface area contributed by atoms with Crippen molar-refractivity contribution in [3.8, 4) is 10.7 Å². The first-order valence-electron chi connectivity index (χ1n) is 7.17. The first kappa shape index (κ1) is 13.7. The molecule has 0 saturated carbocycles. The van der Waals surface area contributed by atoms with Crippen molar-refractivity contribution in [1.82, 2.24) is 14.9 Å². The predicted molar refractivity (Wildman–Crippen MR) is 82.4 cm³/mol. The van der Waals surface area contributed by atoms with Crippen LogP contribution >= 0.6 is 11.3 Å². The second-order valence-corrected chi connectivity index (χ2v) is 6.07. The summed E-state index contributed by atoms with van der Waals surface area (Å²) >= 11 is 1.67. The average Bonchev–Trinajstić information content (AvgIpc) is 2.97. The van der Waals surface area contributed by atoms with Crippen molar-refractivity contribution < 1.29 is 0 Å². The third kappa shape index (κ3) is 3.06. The van der Waals surface area contributed by atoms with Crippen molar-refractivity contribution in [2.24, 2.45) is 5.73 Å². The lowest BCUT2D eigenvalue weighted by Gasteiger charge is -2.34. The minimum Gasteiger partial charge on any atom is -0.329 e. The molecule has 2 aromatic rings. The van der Waals surface area contributed by atoms with Gasteiger partial charge in [0.15, 0.2) is 0 Å². The van der Waals surface area contributed by atoms with Gasteiger partial charge in [0.05, 0.1) is 11.4 Å². The van der Waals surface area contributed by atoms with Crippen molar-refractivity contribution in [3.63, 3.8) is 0 Å². The van der Waals surface area contributed by atoms with Crippen LogP contribution in [0.2, 0.25) is 0 Å². The lowest BCUT2D eigenvalue weighted by atomic mass is 10.0. The number of aromatic nitrogens is 2. The molecule has 1 aliphatic rings. The molecular weight excluding hydrogens is 268 g/mol. The molecule has 2 aromatic heterocycles. The summed E-state index contributed by atoms with van der Waals surface area (Å²) in [4.78, 5) is 11.5. The van der Waals surface area contributed by atoms with E-state index in [0.29, 0.717) is 6.04 Å². The monoisotopic (exact) mass is 288 g/mol. The zero-order valence-corrected chi connectivity index (χ0v) is 12.4. The summed E-state index contributed by atoms with van der Waals surface area (Å²) in [5.41, 5.74) is 7.97. The Morgan fingerprint density at radius 1 is 1.35 bits per heavy atom. The number of rotatable bonds is 4. The van der Waals surface area contributed by atoms with E-state index in [1.54, 1.807) is 11.3 Å². The molecule has 4 nitrogen and oxygen atoms in total. The summed E-state index contributed by atoms with van der Waals surface area (Å²) < 4.78 is 0. The van der Waals surface area contributed by atoms with E-state index in [0.717, 1.165) is 36.0 Å². The minimum atomic E-state index is 0.517. The minimum absolute atomic E-state index is 0.517. The van der Waals surface area contributed by atoms with Crippen LogP contribution in [0.15, 0.2) is 29.8 Å². The fraction of sp³-hybridized carbons (Fsp3) is 0.467. The molecule has 3 heterocycles.